The summed E-state index contributed by atoms with van der Waals surface area (Å²) in [5.74, 6) is 0.460. The molecule has 2 amide bonds. The van der Waals surface area contributed by atoms with Crippen LogP contribution in [0.25, 0.3) is 22.6 Å². The Kier molecular flexibility index (Phi) is 7.07. The standard InChI is InChI=1S/C25H22N4O4/c30-22(15-16-24-28-29-25(33-24)19-11-5-2-6-12-19)26-27-23(31)17-32-21-14-8-7-13-20(21)18-9-3-1-4-10-18/h1-14H,15-17H2,(H,26,30)(H,27,31). The fourth-order valence-corrected chi connectivity index (χ4v) is 3.10. The fourth-order valence-electron chi connectivity index (χ4n) is 3.10. The first kappa shape index (κ1) is 21.8. The summed E-state index contributed by atoms with van der Waals surface area (Å²) >= 11 is 0. The lowest BCUT2D eigenvalue weighted by Gasteiger charge is -2.12. The molecule has 1 aromatic heterocycles. The maximum Gasteiger partial charge on any atom is 0.276 e. The van der Waals surface area contributed by atoms with E-state index in [0.29, 0.717) is 17.5 Å². The number of aromatic nitrogens is 2. The first-order valence-electron chi connectivity index (χ1n) is 10.4. The molecule has 8 nitrogen and oxygen atoms in total. The van der Waals surface area contributed by atoms with E-state index in [2.05, 4.69) is 21.0 Å². The van der Waals surface area contributed by atoms with Gasteiger partial charge in [-0.2, -0.15) is 0 Å². The van der Waals surface area contributed by atoms with E-state index < -0.39 is 5.91 Å². The molecular weight excluding hydrogens is 420 g/mol. The van der Waals surface area contributed by atoms with Crippen molar-refractivity contribution >= 4 is 11.8 Å². The Morgan fingerprint density at radius 1 is 0.758 bits per heavy atom. The van der Waals surface area contributed by atoms with Crippen LogP contribution in [0.3, 0.4) is 0 Å². The molecule has 0 aliphatic carbocycles. The second-order valence-electron chi connectivity index (χ2n) is 7.11. The van der Waals surface area contributed by atoms with Crippen molar-refractivity contribution in [1.82, 2.24) is 21.0 Å². The van der Waals surface area contributed by atoms with E-state index in [4.69, 9.17) is 9.15 Å². The van der Waals surface area contributed by atoms with Crippen LogP contribution in [0.15, 0.2) is 89.3 Å². The second-order valence-corrected chi connectivity index (χ2v) is 7.11. The highest BCUT2D eigenvalue weighted by Crippen LogP contribution is 2.29. The van der Waals surface area contributed by atoms with Gasteiger partial charge in [-0.15, -0.1) is 10.2 Å². The number of hydrogen-bond donors (Lipinski definition) is 2. The SMILES string of the molecule is O=C(CCc1nnc(-c2ccccc2)o1)NNC(=O)COc1ccccc1-c1ccccc1. The van der Waals surface area contributed by atoms with Gasteiger partial charge in [-0.05, 0) is 23.8 Å². The molecule has 0 unspecified atom stereocenters. The van der Waals surface area contributed by atoms with Crippen molar-refractivity contribution in [1.29, 1.82) is 0 Å². The molecule has 0 fully saturated rings. The number of aryl methyl sites for hydroxylation is 1. The van der Waals surface area contributed by atoms with Crippen LogP contribution >= 0.6 is 0 Å². The van der Waals surface area contributed by atoms with Gasteiger partial charge in [0, 0.05) is 24.0 Å². The number of hydrazine groups is 1. The van der Waals surface area contributed by atoms with Crippen molar-refractivity contribution in [3.05, 3.63) is 90.8 Å². The number of nitrogens with one attached hydrogen (secondary N) is 2. The number of benzene rings is 3. The molecule has 0 spiro atoms. The quantitative estimate of drug-likeness (QED) is 0.404. The van der Waals surface area contributed by atoms with Gasteiger partial charge in [0.05, 0.1) is 0 Å². The van der Waals surface area contributed by atoms with Crippen molar-refractivity contribution in [3.63, 3.8) is 0 Å². The van der Waals surface area contributed by atoms with Gasteiger partial charge < -0.3 is 9.15 Å². The van der Waals surface area contributed by atoms with Crippen LogP contribution < -0.4 is 15.6 Å². The molecule has 166 valence electrons. The van der Waals surface area contributed by atoms with Gasteiger partial charge in [-0.25, -0.2) is 0 Å². The number of carbonyl (C=O) groups is 2. The fraction of sp³-hybridized carbons (Fsp3) is 0.120. The molecule has 4 rings (SSSR count). The summed E-state index contributed by atoms with van der Waals surface area (Å²) in [4.78, 5) is 24.2. The molecule has 2 N–H and O–H groups in total. The second kappa shape index (κ2) is 10.7. The van der Waals surface area contributed by atoms with E-state index in [1.165, 1.54) is 0 Å². The minimum Gasteiger partial charge on any atom is -0.483 e. The van der Waals surface area contributed by atoms with Crippen LogP contribution in [0.1, 0.15) is 12.3 Å². The van der Waals surface area contributed by atoms with Crippen LogP contribution in [-0.4, -0.2) is 28.6 Å². The maximum atomic E-state index is 12.1. The zero-order chi connectivity index (χ0) is 22.9. The van der Waals surface area contributed by atoms with Crippen molar-refractivity contribution in [3.8, 4) is 28.3 Å². The zero-order valence-electron chi connectivity index (χ0n) is 17.7. The van der Waals surface area contributed by atoms with Crippen LogP contribution in [-0.2, 0) is 16.0 Å². The molecule has 4 aromatic rings. The Labute approximate surface area is 190 Å². The summed E-state index contributed by atoms with van der Waals surface area (Å²) in [5.41, 5.74) is 7.39. The van der Waals surface area contributed by atoms with Gasteiger partial charge in [0.1, 0.15) is 5.75 Å². The minimum atomic E-state index is -0.477. The Morgan fingerprint density at radius 2 is 1.39 bits per heavy atom. The molecule has 0 saturated heterocycles. The summed E-state index contributed by atoms with van der Waals surface area (Å²) < 4.78 is 11.2. The average molecular weight is 442 g/mol. The maximum absolute atomic E-state index is 12.1. The van der Waals surface area contributed by atoms with Gasteiger partial charge in [-0.3, -0.25) is 20.4 Å². The molecule has 3 aromatic carbocycles. The third kappa shape index (κ3) is 6.04. The summed E-state index contributed by atoms with van der Waals surface area (Å²) in [5, 5.41) is 7.94. The predicted molar refractivity (Wildman–Crippen MR) is 122 cm³/mol. The molecule has 1 heterocycles. The minimum absolute atomic E-state index is 0.0778. The third-order valence-corrected chi connectivity index (χ3v) is 4.73. The van der Waals surface area contributed by atoms with Gasteiger partial charge in [0.25, 0.3) is 5.91 Å². The summed E-state index contributed by atoms with van der Waals surface area (Å²) in [6.45, 7) is -0.242. The first-order valence-corrected chi connectivity index (χ1v) is 10.4. The molecule has 33 heavy (non-hydrogen) atoms. The third-order valence-electron chi connectivity index (χ3n) is 4.73. The van der Waals surface area contributed by atoms with E-state index in [1.807, 2.05) is 78.9 Å². The van der Waals surface area contributed by atoms with Crippen LogP contribution in [0.4, 0.5) is 0 Å². The molecule has 0 aliphatic rings. The first-order chi connectivity index (χ1) is 16.2. The van der Waals surface area contributed by atoms with Gasteiger partial charge in [0.2, 0.25) is 17.7 Å². The highest BCUT2D eigenvalue weighted by molar-refractivity contribution is 5.83. The normalized spacial score (nSPS) is 10.4. The lowest BCUT2D eigenvalue weighted by Crippen LogP contribution is -2.43. The number of hydrogen-bond acceptors (Lipinski definition) is 6. The van der Waals surface area contributed by atoms with Gasteiger partial charge >= 0.3 is 0 Å². The highest BCUT2D eigenvalue weighted by Gasteiger charge is 2.12. The molecular formula is C25H22N4O4. The van der Waals surface area contributed by atoms with E-state index in [1.54, 1.807) is 6.07 Å². The van der Waals surface area contributed by atoms with E-state index in [0.717, 1.165) is 16.7 Å². The highest BCUT2D eigenvalue weighted by atomic mass is 16.5. The van der Waals surface area contributed by atoms with Gasteiger partial charge in [0.15, 0.2) is 6.61 Å². The topological polar surface area (TPSA) is 106 Å². The molecule has 0 saturated carbocycles. The number of carbonyl (C=O) groups excluding carboxylic acids is 2. The Hall–Kier alpha value is -4.46. The largest absolute Gasteiger partial charge is 0.483 e. The Morgan fingerprint density at radius 3 is 2.15 bits per heavy atom. The molecule has 0 aliphatic heterocycles. The van der Waals surface area contributed by atoms with Crippen LogP contribution in [0.2, 0.25) is 0 Å². The molecule has 0 radical (unpaired) electrons. The number of nitrogens with zero attached hydrogens (tertiary/aromatic N) is 2. The summed E-state index contributed by atoms with van der Waals surface area (Å²) in [6, 6.07) is 26.6. The van der Waals surface area contributed by atoms with Crippen molar-refractivity contribution in [2.24, 2.45) is 0 Å². The molecule has 8 heteroatoms. The lowest BCUT2D eigenvalue weighted by atomic mass is 10.1. The number of para-hydroxylation sites is 1. The average Bonchev–Trinajstić information content (AvgIpc) is 3.35. The van der Waals surface area contributed by atoms with E-state index in [-0.39, 0.29) is 25.4 Å². The zero-order valence-corrected chi connectivity index (χ0v) is 17.7. The monoisotopic (exact) mass is 442 g/mol. The smallest absolute Gasteiger partial charge is 0.276 e. The summed E-state index contributed by atoms with van der Waals surface area (Å²) in [7, 11) is 0. The molecule has 0 atom stereocenters. The number of amides is 2. The van der Waals surface area contributed by atoms with Gasteiger partial charge in [-0.1, -0.05) is 66.7 Å². The predicted octanol–water partition coefficient (Wildman–Crippen LogP) is 3.56. The summed E-state index contributed by atoms with van der Waals surface area (Å²) in [6.07, 6.45) is 0.330. The lowest BCUT2D eigenvalue weighted by molar-refractivity contribution is -0.130. The van der Waals surface area contributed by atoms with Crippen molar-refractivity contribution < 1.29 is 18.7 Å². The number of rotatable bonds is 8. The van der Waals surface area contributed by atoms with E-state index >= 15 is 0 Å². The Balaban J connectivity index is 1.22. The van der Waals surface area contributed by atoms with Crippen molar-refractivity contribution in [2.45, 2.75) is 12.8 Å². The Bertz CT molecular complexity index is 1210. The van der Waals surface area contributed by atoms with E-state index in [9.17, 15) is 9.59 Å². The van der Waals surface area contributed by atoms with Crippen LogP contribution in [0.5, 0.6) is 5.75 Å². The van der Waals surface area contributed by atoms with Crippen LogP contribution in [0, 0.1) is 0 Å². The van der Waals surface area contributed by atoms with Crippen molar-refractivity contribution in [2.75, 3.05) is 6.61 Å². The molecule has 0 bridgehead atoms. The number of ether oxygens (including phenoxy) is 1.